The van der Waals surface area contributed by atoms with Gasteiger partial charge in [0, 0.05) is 0 Å². The summed E-state index contributed by atoms with van der Waals surface area (Å²) < 4.78 is 1.26. The van der Waals surface area contributed by atoms with Crippen molar-refractivity contribution in [2.75, 3.05) is 0 Å². The molecular weight excluding hydrogens is 719 g/mol. The zero-order valence-corrected chi connectivity index (χ0v) is 35.7. The van der Waals surface area contributed by atoms with Crippen molar-refractivity contribution in [1.82, 2.24) is 0 Å². The number of benzene rings is 4. The Kier molecular flexibility index (Phi) is 11.9. The second kappa shape index (κ2) is 14.7. The monoisotopic (exact) mass is 768 g/mol. The standard InChI is InChI=1S/C22H25.C20H21.C2H6Si.2ClH.Zr/c1-15(2)18-13-17-7-6-8-20(21(17)14-18)16-9-11-19(12-10-16)22(3,4)5;1-14-12-16-6-5-7-18(19(16)13-14)15-8-10-17(11-9-15)20(2,3)4;1-3-2;;;/h6-15H,1-5H3;5-13H,1-4H3;1-2H3;2*1H;/q;;;;;+2/p-2. The van der Waals surface area contributed by atoms with Crippen molar-refractivity contribution in [3.63, 3.8) is 0 Å². The van der Waals surface area contributed by atoms with Gasteiger partial charge in [-0.25, -0.2) is 0 Å². The van der Waals surface area contributed by atoms with E-state index in [-0.39, 0.29) is 35.6 Å². The van der Waals surface area contributed by atoms with Crippen LogP contribution in [0.1, 0.15) is 103 Å². The normalized spacial score (nSPS) is 16.6. The van der Waals surface area contributed by atoms with Crippen LogP contribution in [0.2, 0.25) is 13.1 Å². The number of hydrogen-bond donors (Lipinski definition) is 0. The SMILES string of the molecule is CC1=Cc2c(-c3ccc(C(C)(C)C)cc3)cccc2[CH]1[Zr+2]([CH]1C(C(C)C)=Cc2c(-c3ccc(C(C)(C)C)cc3)cccc21)=[Si](C)C.[Cl-].[Cl-]. The van der Waals surface area contributed by atoms with Gasteiger partial charge in [-0.3, -0.25) is 0 Å². The third-order valence-corrected chi connectivity index (χ3v) is 30.0. The fourth-order valence-corrected chi connectivity index (χ4v) is 28.6. The number of hydrogen-bond acceptors (Lipinski definition) is 0. The summed E-state index contributed by atoms with van der Waals surface area (Å²) in [4.78, 5) is 0. The number of rotatable bonds is 5. The molecule has 0 aromatic heterocycles. The molecule has 0 bridgehead atoms. The molecule has 4 aromatic carbocycles. The van der Waals surface area contributed by atoms with E-state index in [0.29, 0.717) is 13.2 Å². The van der Waals surface area contributed by atoms with Gasteiger partial charge < -0.3 is 24.8 Å². The van der Waals surface area contributed by atoms with Gasteiger partial charge in [-0.1, -0.05) is 0 Å². The molecule has 4 aromatic rings. The van der Waals surface area contributed by atoms with Crippen molar-refractivity contribution in [1.29, 1.82) is 0 Å². The van der Waals surface area contributed by atoms with Gasteiger partial charge in [0.05, 0.1) is 0 Å². The Balaban J connectivity index is 0.00000260. The topological polar surface area (TPSA) is 0 Å². The number of halogens is 2. The first-order chi connectivity index (χ1) is 21.7. The fraction of sp³-hybridized carbons (Fsp3) is 0.364. The molecule has 0 heterocycles. The summed E-state index contributed by atoms with van der Waals surface area (Å²) in [5.41, 5.74) is 17.6. The first-order valence-corrected chi connectivity index (χ1v) is 26.2. The third-order valence-electron chi connectivity index (χ3n) is 10.4. The average molecular weight is 771 g/mol. The Labute approximate surface area is 311 Å². The molecule has 0 saturated carbocycles. The minimum Gasteiger partial charge on any atom is -1.00 e. The molecule has 4 heteroatoms. The Morgan fingerprint density at radius 3 is 1.40 bits per heavy atom. The minimum atomic E-state index is -2.19. The van der Waals surface area contributed by atoms with Crippen molar-refractivity contribution < 1.29 is 45.2 Å². The molecule has 2 aliphatic rings. The zero-order chi connectivity index (χ0) is 33.1. The molecule has 2 unspecified atom stereocenters. The molecule has 48 heavy (non-hydrogen) atoms. The Bertz CT molecular complexity index is 1890. The summed E-state index contributed by atoms with van der Waals surface area (Å²) in [6.07, 6.45) is 5.20. The maximum atomic E-state index is 2.64. The fourth-order valence-electron chi connectivity index (χ4n) is 7.78. The van der Waals surface area contributed by atoms with Gasteiger partial charge in [0.1, 0.15) is 0 Å². The summed E-state index contributed by atoms with van der Waals surface area (Å²) in [6, 6.07) is 33.1. The smallest absolute Gasteiger partial charge is 1.00 e. The molecule has 0 radical (unpaired) electrons. The predicted octanol–water partition coefficient (Wildman–Crippen LogP) is 6.75. The molecule has 0 nitrogen and oxygen atoms in total. The summed E-state index contributed by atoms with van der Waals surface area (Å²) in [6.45, 7) is 26.4. The van der Waals surface area contributed by atoms with Crippen molar-refractivity contribution in [2.45, 2.75) is 93.5 Å². The van der Waals surface area contributed by atoms with E-state index < -0.39 is 25.8 Å². The van der Waals surface area contributed by atoms with Crippen LogP contribution in [0.4, 0.5) is 0 Å². The van der Waals surface area contributed by atoms with Crippen LogP contribution in [0, 0.1) is 5.92 Å². The zero-order valence-electron chi connectivity index (χ0n) is 30.7. The Hall–Kier alpha value is -1.96. The molecule has 0 aliphatic heterocycles. The van der Waals surface area contributed by atoms with E-state index in [1.165, 1.54) is 44.5 Å². The third kappa shape index (κ3) is 7.26. The molecule has 2 aliphatic carbocycles. The van der Waals surface area contributed by atoms with Crippen molar-refractivity contribution >= 4 is 17.6 Å². The number of allylic oxidation sites excluding steroid dienone is 2. The van der Waals surface area contributed by atoms with Gasteiger partial charge in [0.2, 0.25) is 0 Å². The van der Waals surface area contributed by atoms with Gasteiger partial charge >= 0.3 is 289 Å². The summed E-state index contributed by atoms with van der Waals surface area (Å²) in [7, 11) is 0. The van der Waals surface area contributed by atoms with E-state index in [2.05, 4.69) is 172 Å². The first kappa shape index (κ1) is 38.8. The second-order valence-electron chi connectivity index (χ2n) is 16.3. The Morgan fingerprint density at radius 2 is 1.00 bits per heavy atom. The van der Waals surface area contributed by atoms with E-state index in [1.54, 1.807) is 22.3 Å². The molecule has 0 saturated heterocycles. The van der Waals surface area contributed by atoms with E-state index in [0.717, 1.165) is 0 Å². The molecule has 0 N–H and O–H groups in total. The summed E-state index contributed by atoms with van der Waals surface area (Å²) >= 11 is -2.19. The second-order valence-corrected chi connectivity index (χ2v) is 34.1. The molecule has 0 spiro atoms. The van der Waals surface area contributed by atoms with Crippen molar-refractivity contribution in [3.8, 4) is 22.3 Å². The van der Waals surface area contributed by atoms with Crippen LogP contribution in [-0.2, 0) is 31.2 Å². The average Bonchev–Trinajstić information content (AvgIpc) is 3.54. The largest absolute Gasteiger partial charge is 1.00 e. The van der Waals surface area contributed by atoms with Gasteiger partial charge in [-0.15, -0.1) is 0 Å². The van der Waals surface area contributed by atoms with Crippen LogP contribution in [0.25, 0.3) is 34.4 Å². The van der Waals surface area contributed by atoms with E-state index in [9.17, 15) is 0 Å². The van der Waals surface area contributed by atoms with Crippen LogP contribution >= 0.6 is 0 Å². The van der Waals surface area contributed by atoms with Crippen molar-refractivity contribution in [3.05, 3.63) is 129 Å². The predicted molar refractivity (Wildman–Crippen MR) is 201 cm³/mol. The van der Waals surface area contributed by atoms with E-state index >= 15 is 0 Å². The van der Waals surface area contributed by atoms with Crippen LogP contribution in [-0.4, -0.2) is 5.43 Å². The maximum absolute atomic E-state index is 2.64. The van der Waals surface area contributed by atoms with E-state index in [1.807, 2.05) is 0 Å². The molecule has 0 amide bonds. The quantitative estimate of drug-likeness (QED) is 0.197. The summed E-state index contributed by atoms with van der Waals surface area (Å²) in [5, 5.41) is 0. The molecule has 0 fully saturated rings. The Morgan fingerprint density at radius 1 is 0.583 bits per heavy atom. The van der Waals surface area contributed by atoms with Gasteiger partial charge in [-0.05, 0) is 0 Å². The van der Waals surface area contributed by atoms with Crippen LogP contribution in [0.15, 0.2) is 96.1 Å². The molecular formula is C44H52Cl2SiZr. The minimum absolute atomic E-state index is 0. The van der Waals surface area contributed by atoms with Crippen molar-refractivity contribution in [2.24, 2.45) is 5.92 Å². The van der Waals surface area contributed by atoms with Crippen LogP contribution in [0.3, 0.4) is 0 Å². The number of fused-ring (bicyclic) bond motifs is 2. The molecule has 6 rings (SSSR count). The van der Waals surface area contributed by atoms with Gasteiger partial charge in [-0.2, -0.15) is 0 Å². The van der Waals surface area contributed by atoms with Crippen LogP contribution < -0.4 is 24.8 Å². The maximum Gasteiger partial charge on any atom is -1.00 e. The molecule has 250 valence electrons. The van der Waals surface area contributed by atoms with Gasteiger partial charge in [0.15, 0.2) is 0 Å². The van der Waals surface area contributed by atoms with Crippen LogP contribution in [0.5, 0.6) is 0 Å². The van der Waals surface area contributed by atoms with Gasteiger partial charge in [0.25, 0.3) is 0 Å². The molecule has 2 atom stereocenters. The summed E-state index contributed by atoms with van der Waals surface area (Å²) in [5.74, 6) is 0.545. The van der Waals surface area contributed by atoms with E-state index in [4.69, 9.17) is 0 Å². The first-order valence-electron chi connectivity index (χ1n) is 17.2.